The second kappa shape index (κ2) is 10.2. The van der Waals surface area contributed by atoms with Gasteiger partial charge in [0, 0.05) is 6.04 Å². The second-order valence-electron chi connectivity index (χ2n) is 4.25. The number of hydrogen-bond acceptors (Lipinski definition) is 6. The summed E-state index contributed by atoms with van der Waals surface area (Å²) in [6.45, 7) is 2.73. The van der Waals surface area contributed by atoms with E-state index in [1.165, 1.54) is 0 Å². The predicted molar refractivity (Wildman–Crippen MR) is 71.4 cm³/mol. The summed E-state index contributed by atoms with van der Waals surface area (Å²) in [6, 6.07) is -0.837. The van der Waals surface area contributed by atoms with Crippen molar-refractivity contribution in [1.29, 1.82) is 0 Å². The van der Waals surface area contributed by atoms with Crippen LogP contribution in [0.15, 0.2) is 12.7 Å². The molecule has 0 aliphatic heterocycles. The monoisotopic (exact) mass is 298 g/mol. The molecule has 0 spiro atoms. The highest BCUT2D eigenvalue weighted by Crippen LogP contribution is 2.35. The van der Waals surface area contributed by atoms with Crippen molar-refractivity contribution in [1.82, 2.24) is 4.90 Å². The Hall–Kier alpha value is -0.600. The van der Waals surface area contributed by atoms with Gasteiger partial charge in [0.25, 0.3) is 0 Å². The Morgan fingerprint density at radius 2 is 1.89 bits per heavy atom. The number of nitrogens with two attached hydrogens (primary N) is 1. The van der Waals surface area contributed by atoms with Gasteiger partial charge in [0.05, 0.1) is 6.61 Å². The molecule has 0 rings (SSSR count). The van der Waals surface area contributed by atoms with Crippen LogP contribution in [0.25, 0.3) is 0 Å². The third-order valence-electron chi connectivity index (χ3n) is 1.51. The molecule has 114 valence electrons. The number of phosphoric acid groups is 1. The number of aliphatic hydroxyl groups excluding tert-OH is 1. The first-order valence-corrected chi connectivity index (χ1v) is 6.93. The lowest BCUT2D eigenvalue weighted by Gasteiger charge is -2.14. The minimum atomic E-state index is -4.56. The minimum Gasteiger partial charge on any atom is -0.385 e. The molecule has 0 fully saturated rings. The van der Waals surface area contributed by atoms with Crippen molar-refractivity contribution in [3.8, 4) is 0 Å². The summed E-state index contributed by atoms with van der Waals surface area (Å²) in [7, 11) is 1.44. The van der Waals surface area contributed by atoms with Crippen molar-refractivity contribution >= 4 is 13.6 Å². The van der Waals surface area contributed by atoms with E-state index in [0.29, 0.717) is 0 Å². The van der Waals surface area contributed by atoms with Crippen LogP contribution in [0.2, 0.25) is 0 Å². The fourth-order valence-electron chi connectivity index (χ4n) is 0.800. The number of rotatable bonds is 7. The van der Waals surface area contributed by atoms with Crippen LogP contribution in [-0.2, 0) is 13.9 Å². The molecule has 0 aromatic rings. The number of aliphatic hydroxyl groups is 1. The molecule has 0 heterocycles. The molecule has 0 aromatic heterocycles. The third-order valence-corrected chi connectivity index (χ3v) is 2.00. The van der Waals surface area contributed by atoms with Crippen molar-refractivity contribution < 1.29 is 28.8 Å². The lowest BCUT2D eigenvalue weighted by molar-refractivity contribution is -0.122. The van der Waals surface area contributed by atoms with E-state index in [4.69, 9.17) is 20.6 Å². The number of carbonyl (C=O) groups is 1. The molecule has 0 amide bonds. The van der Waals surface area contributed by atoms with Crippen LogP contribution in [0.4, 0.5) is 0 Å². The van der Waals surface area contributed by atoms with Crippen LogP contribution in [0.5, 0.6) is 0 Å². The molecule has 5 N–H and O–H groups in total. The van der Waals surface area contributed by atoms with E-state index in [1.807, 2.05) is 26.0 Å². The maximum absolute atomic E-state index is 10.8. The van der Waals surface area contributed by atoms with Gasteiger partial charge in [0.2, 0.25) is 0 Å². The third kappa shape index (κ3) is 17.4. The molecule has 2 atom stereocenters. The van der Waals surface area contributed by atoms with Crippen molar-refractivity contribution in [3.63, 3.8) is 0 Å². The van der Waals surface area contributed by atoms with Gasteiger partial charge in [0.1, 0.15) is 6.10 Å². The number of phosphoric ester groups is 1. The summed E-state index contributed by atoms with van der Waals surface area (Å²) in [5.74, 6) is -0.596. The Kier molecular flexibility index (Phi) is 11.1. The predicted octanol–water partition coefficient (Wildman–Crippen LogP) is -0.893. The van der Waals surface area contributed by atoms with E-state index in [0.717, 1.165) is 6.08 Å². The van der Waals surface area contributed by atoms with Crippen LogP contribution in [0.3, 0.4) is 0 Å². The summed E-state index contributed by atoms with van der Waals surface area (Å²) in [6.07, 6.45) is -0.524. The normalized spacial score (nSPS) is 14.3. The molecule has 0 bridgehead atoms. The van der Waals surface area contributed by atoms with Crippen LogP contribution in [0.1, 0.15) is 6.42 Å². The lowest BCUT2D eigenvalue weighted by Crippen LogP contribution is -2.33. The van der Waals surface area contributed by atoms with Gasteiger partial charge < -0.3 is 25.5 Å². The molecule has 19 heavy (non-hydrogen) atoms. The number of carbonyl (C=O) groups excluding carboxylic acids is 1. The zero-order chi connectivity index (χ0) is 15.6. The summed E-state index contributed by atoms with van der Waals surface area (Å²) in [4.78, 5) is 29.5. The standard InChI is InChI=1S/C7H14NO6P.C3H9N/c1-2-6(9)7(10)3-5(8)4-14-15(11,12)13;1-4(2)3/h2,5,7,10H,1,3-4,8H2,(H2,11,12,13);1-3H3. The molecule has 9 heteroatoms. The van der Waals surface area contributed by atoms with Crippen molar-refractivity contribution in [3.05, 3.63) is 12.7 Å². The highest BCUT2D eigenvalue weighted by atomic mass is 31.2. The number of ketones is 1. The average Bonchev–Trinajstić information content (AvgIpc) is 2.23. The summed E-state index contributed by atoms with van der Waals surface area (Å²) in [5, 5.41) is 9.17. The van der Waals surface area contributed by atoms with Gasteiger partial charge in [-0.25, -0.2) is 4.57 Å². The summed E-state index contributed by atoms with van der Waals surface area (Å²) < 4.78 is 14.4. The van der Waals surface area contributed by atoms with E-state index < -0.39 is 32.4 Å². The Morgan fingerprint density at radius 3 is 2.21 bits per heavy atom. The van der Waals surface area contributed by atoms with Crippen molar-refractivity contribution in [2.24, 2.45) is 5.73 Å². The molecular weight excluding hydrogens is 275 g/mol. The van der Waals surface area contributed by atoms with Crippen LogP contribution < -0.4 is 5.73 Å². The van der Waals surface area contributed by atoms with Gasteiger partial charge in [0.15, 0.2) is 5.78 Å². The number of hydrogen-bond donors (Lipinski definition) is 4. The van der Waals surface area contributed by atoms with Gasteiger partial charge in [-0.3, -0.25) is 9.32 Å². The molecular formula is C10H23N2O6P. The van der Waals surface area contributed by atoms with Gasteiger partial charge in [-0.15, -0.1) is 0 Å². The SMILES string of the molecule is C=CC(=O)C(O)CC(N)COP(=O)(O)O.CN(C)C. The minimum absolute atomic E-state index is 0.148. The number of nitrogens with zero attached hydrogens (tertiary/aromatic N) is 1. The summed E-state index contributed by atoms with van der Waals surface area (Å²) in [5.41, 5.74) is 5.36. The Bertz CT molecular complexity index is 314. The summed E-state index contributed by atoms with van der Waals surface area (Å²) >= 11 is 0. The quantitative estimate of drug-likeness (QED) is 0.351. The van der Waals surface area contributed by atoms with Crippen LogP contribution in [-0.4, -0.2) is 65.5 Å². The average molecular weight is 298 g/mol. The molecule has 2 unspecified atom stereocenters. The van der Waals surface area contributed by atoms with Crippen molar-refractivity contribution in [2.75, 3.05) is 27.7 Å². The van der Waals surface area contributed by atoms with E-state index in [2.05, 4.69) is 11.1 Å². The van der Waals surface area contributed by atoms with Gasteiger partial charge in [-0.2, -0.15) is 0 Å². The zero-order valence-electron chi connectivity index (χ0n) is 11.4. The molecule has 0 radical (unpaired) electrons. The van der Waals surface area contributed by atoms with Gasteiger partial charge in [-0.1, -0.05) is 6.58 Å². The fourth-order valence-corrected chi connectivity index (χ4v) is 1.19. The zero-order valence-corrected chi connectivity index (χ0v) is 12.3. The molecule has 0 aliphatic carbocycles. The smallest absolute Gasteiger partial charge is 0.385 e. The highest BCUT2D eigenvalue weighted by Gasteiger charge is 2.20. The molecule has 0 aliphatic rings. The molecule has 0 saturated carbocycles. The first kappa shape index (κ1) is 20.7. The largest absolute Gasteiger partial charge is 0.469 e. The first-order chi connectivity index (χ1) is 8.49. The van der Waals surface area contributed by atoms with E-state index in [-0.39, 0.29) is 6.42 Å². The van der Waals surface area contributed by atoms with Crippen LogP contribution in [0, 0.1) is 0 Å². The highest BCUT2D eigenvalue weighted by molar-refractivity contribution is 7.46. The molecule has 0 aromatic carbocycles. The topological polar surface area (TPSA) is 133 Å². The second-order valence-corrected chi connectivity index (χ2v) is 5.49. The van der Waals surface area contributed by atoms with Crippen molar-refractivity contribution in [2.45, 2.75) is 18.6 Å². The van der Waals surface area contributed by atoms with E-state index >= 15 is 0 Å². The van der Waals surface area contributed by atoms with Crippen LogP contribution >= 0.6 is 7.82 Å². The lowest BCUT2D eigenvalue weighted by atomic mass is 10.1. The first-order valence-electron chi connectivity index (χ1n) is 5.40. The molecule has 8 nitrogen and oxygen atoms in total. The van der Waals surface area contributed by atoms with Gasteiger partial charge in [-0.05, 0) is 33.6 Å². The van der Waals surface area contributed by atoms with E-state index in [1.54, 1.807) is 0 Å². The Labute approximate surface area is 113 Å². The van der Waals surface area contributed by atoms with Gasteiger partial charge >= 0.3 is 7.82 Å². The fraction of sp³-hybridized carbons (Fsp3) is 0.700. The maximum atomic E-state index is 10.8. The Morgan fingerprint density at radius 1 is 1.47 bits per heavy atom. The molecule has 0 saturated heterocycles. The Balaban J connectivity index is 0. The maximum Gasteiger partial charge on any atom is 0.469 e. The van der Waals surface area contributed by atoms with E-state index in [9.17, 15) is 9.36 Å².